The van der Waals surface area contributed by atoms with E-state index in [1.54, 1.807) is 7.11 Å². The third-order valence-corrected chi connectivity index (χ3v) is 4.46. The quantitative estimate of drug-likeness (QED) is 0.767. The molecule has 1 N–H and O–H groups in total. The van der Waals surface area contributed by atoms with Gasteiger partial charge in [0.25, 0.3) is 0 Å². The minimum absolute atomic E-state index is 0.656. The number of piperazine rings is 1. The number of rotatable bonds is 6. The van der Waals surface area contributed by atoms with E-state index in [2.05, 4.69) is 24.1 Å². The number of hydrogen-bond acceptors (Lipinski definition) is 3. The Balaban J connectivity index is 1.88. The number of ether oxygens (including phenoxy) is 1. The maximum atomic E-state index is 5.22. The van der Waals surface area contributed by atoms with Crippen molar-refractivity contribution in [2.75, 3.05) is 26.8 Å². The molecule has 0 spiro atoms. The molecule has 2 aliphatic rings. The molecule has 2 fully saturated rings. The number of nitrogens with one attached hydrogen (secondary N) is 1. The fourth-order valence-corrected chi connectivity index (χ4v) is 3.03. The first-order chi connectivity index (χ1) is 8.26. The third kappa shape index (κ3) is 3.43. The molecule has 0 radical (unpaired) electrons. The van der Waals surface area contributed by atoms with E-state index in [-0.39, 0.29) is 0 Å². The van der Waals surface area contributed by atoms with Crippen LogP contribution in [0.2, 0.25) is 0 Å². The molecule has 0 aromatic heterocycles. The molecule has 3 heteroatoms. The van der Waals surface area contributed by atoms with Crippen LogP contribution in [0.15, 0.2) is 0 Å². The van der Waals surface area contributed by atoms with E-state index in [4.69, 9.17) is 4.74 Å². The second kappa shape index (κ2) is 6.17. The predicted molar refractivity (Wildman–Crippen MR) is 71.3 cm³/mol. The topological polar surface area (TPSA) is 24.5 Å². The molecule has 0 bridgehead atoms. The van der Waals surface area contributed by atoms with Crippen molar-refractivity contribution in [2.45, 2.75) is 57.7 Å². The van der Waals surface area contributed by atoms with Crippen LogP contribution in [0.3, 0.4) is 0 Å². The Kier molecular flexibility index (Phi) is 4.83. The first-order valence-corrected chi connectivity index (χ1v) is 7.24. The highest BCUT2D eigenvalue weighted by Crippen LogP contribution is 2.35. The molecule has 0 amide bonds. The van der Waals surface area contributed by atoms with Gasteiger partial charge >= 0.3 is 0 Å². The number of methoxy groups -OCH3 is 1. The summed E-state index contributed by atoms with van der Waals surface area (Å²) >= 11 is 0. The summed E-state index contributed by atoms with van der Waals surface area (Å²) in [7, 11) is 1.80. The van der Waals surface area contributed by atoms with Crippen molar-refractivity contribution < 1.29 is 4.74 Å². The normalized spacial score (nSPS) is 32.6. The Morgan fingerprint density at radius 1 is 1.41 bits per heavy atom. The second-order valence-corrected chi connectivity index (χ2v) is 5.74. The van der Waals surface area contributed by atoms with Crippen molar-refractivity contribution in [3.8, 4) is 0 Å². The molecule has 0 aromatic carbocycles. The van der Waals surface area contributed by atoms with E-state index in [0.717, 1.165) is 31.0 Å². The monoisotopic (exact) mass is 240 g/mol. The van der Waals surface area contributed by atoms with Gasteiger partial charge in [0.15, 0.2) is 0 Å². The maximum Gasteiger partial charge on any atom is 0.0477 e. The Labute approximate surface area is 106 Å². The molecule has 3 atom stereocenters. The molecule has 1 saturated carbocycles. The Bertz CT molecular complexity index is 230. The van der Waals surface area contributed by atoms with Gasteiger partial charge in [0.05, 0.1) is 0 Å². The Morgan fingerprint density at radius 2 is 2.18 bits per heavy atom. The zero-order valence-corrected chi connectivity index (χ0v) is 11.6. The maximum absolute atomic E-state index is 5.22. The largest absolute Gasteiger partial charge is 0.385 e. The lowest BCUT2D eigenvalue weighted by atomic mass is 10.0. The highest BCUT2D eigenvalue weighted by Gasteiger charge is 2.37. The lowest BCUT2D eigenvalue weighted by molar-refractivity contribution is 0.0617. The number of hydrogen-bond donors (Lipinski definition) is 1. The van der Waals surface area contributed by atoms with Crippen LogP contribution in [0.25, 0.3) is 0 Å². The highest BCUT2D eigenvalue weighted by molar-refractivity contribution is 4.95. The van der Waals surface area contributed by atoms with Gasteiger partial charge in [-0.3, -0.25) is 4.90 Å². The summed E-state index contributed by atoms with van der Waals surface area (Å²) in [5.74, 6) is 0.963. The van der Waals surface area contributed by atoms with E-state index in [1.807, 2.05) is 0 Å². The van der Waals surface area contributed by atoms with Gasteiger partial charge in [-0.25, -0.2) is 0 Å². The lowest BCUT2D eigenvalue weighted by Crippen LogP contribution is -2.59. The van der Waals surface area contributed by atoms with Crippen LogP contribution in [0.4, 0.5) is 0 Å². The molecule has 1 heterocycles. The summed E-state index contributed by atoms with van der Waals surface area (Å²) in [6.45, 7) is 7.97. The molecule has 1 aliphatic carbocycles. The van der Waals surface area contributed by atoms with E-state index in [9.17, 15) is 0 Å². The Hall–Kier alpha value is -0.120. The Morgan fingerprint density at radius 3 is 2.76 bits per heavy atom. The molecule has 3 nitrogen and oxygen atoms in total. The first kappa shape index (κ1) is 13.3. The van der Waals surface area contributed by atoms with Crippen LogP contribution in [-0.4, -0.2) is 49.8 Å². The molecule has 2 rings (SSSR count). The molecule has 1 saturated heterocycles. The van der Waals surface area contributed by atoms with Crippen LogP contribution in [0.1, 0.15) is 39.5 Å². The van der Waals surface area contributed by atoms with Crippen molar-refractivity contribution in [1.82, 2.24) is 10.2 Å². The van der Waals surface area contributed by atoms with Gasteiger partial charge < -0.3 is 10.1 Å². The summed E-state index contributed by atoms with van der Waals surface area (Å²) in [6.07, 6.45) is 5.29. The van der Waals surface area contributed by atoms with Gasteiger partial charge in [0.2, 0.25) is 0 Å². The zero-order valence-electron chi connectivity index (χ0n) is 11.6. The van der Waals surface area contributed by atoms with E-state index in [1.165, 1.54) is 32.4 Å². The second-order valence-electron chi connectivity index (χ2n) is 5.74. The molecule has 1 aliphatic heterocycles. The van der Waals surface area contributed by atoms with Gasteiger partial charge in [0, 0.05) is 44.9 Å². The van der Waals surface area contributed by atoms with Crippen molar-refractivity contribution >= 4 is 0 Å². The summed E-state index contributed by atoms with van der Waals surface area (Å²) < 4.78 is 5.22. The van der Waals surface area contributed by atoms with E-state index < -0.39 is 0 Å². The molecule has 17 heavy (non-hydrogen) atoms. The average molecular weight is 240 g/mol. The van der Waals surface area contributed by atoms with Crippen molar-refractivity contribution in [3.63, 3.8) is 0 Å². The zero-order chi connectivity index (χ0) is 12.3. The van der Waals surface area contributed by atoms with Crippen LogP contribution in [0, 0.1) is 5.92 Å². The van der Waals surface area contributed by atoms with Crippen LogP contribution < -0.4 is 5.32 Å². The van der Waals surface area contributed by atoms with Crippen molar-refractivity contribution in [2.24, 2.45) is 5.92 Å². The highest BCUT2D eigenvalue weighted by atomic mass is 16.5. The van der Waals surface area contributed by atoms with E-state index >= 15 is 0 Å². The predicted octanol–water partition coefficient (Wildman–Crippen LogP) is 1.87. The van der Waals surface area contributed by atoms with Crippen LogP contribution in [0.5, 0.6) is 0 Å². The third-order valence-electron chi connectivity index (χ3n) is 4.46. The van der Waals surface area contributed by atoms with Gasteiger partial charge in [-0.2, -0.15) is 0 Å². The van der Waals surface area contributed by atoms with Gasteiger partial charge in [0.1, 0.15) is 0 Å². The van der Waals surface area contributed by atoms with Crippen molar-refractivity contribution in [3.05, 3.63) is 0 Å². The van der Waals surface area contributed by atoms with Gasteiger partial charge in [-0.15, -0.1) is 0 Å². The molecule has 3 unspecified atom stereocenters. The number of nitrogens with zero attached hydrogens (tertiary/aromatic N) is 1. The SMILES string of the molecule is CCC1CNC(C2CC2)CN1C(C)CCOC. The summed E-state index contributed by atoms with van der Waals surface area (Å²) in [4.78, 5) is 2.72. The fourth-order valence-electron chi connectivity index (χ4n) is 3.03. The minimum Gasteiger partial charge on any atom is -0.385 e. The van der Waals surface area contributed by atoms with Crippen LogP contribution >= 0.6 is 0 Å². The minimum atomic E-state index is 0.656. The van der Waals surface area contributed by atoms with Gasteiger partial charge in [-0.1, -0.05) is 6.92 Å². The molecule has 0 aromatic rings. The standard InChI is InChI=1S/C14H28N2O/c1-4-13-9-15-14(12-5-6-12)10-16(13)11(2)7-8-17-3/h11-15H,4-10H2,1-3H3. The summed E-state index contributed by atoms with van der Waals surface area (Å²) in [5.41, 5.74) is 0. The fraction of sp³-hybridized carbons (Fsp3) is 1.00. The molecular formula is C14H28N2O. The first-order valence-electron chi connectivity index (χ1n) is 7.24. The molecule has 100 valence electrons. The summed E-state index contributed by atoms with van der Waals surface area (Å²) in [5, 5.41) is 3.75. The lowest BCUT2D eigenvalue weighted by Gasteiger charge is -2.43. The van der Waals surface area contributed by atoms with Gasteiger partial charge in [-0.05, 0) is 38.5 Å². The average Bonchev–Trinajstić information content (AvgIpc) is 3.19. The van der Waals surface area contributed by atoms with Crippen LogP contribution in [-0.2, 0) is 4.74 Å². The molecular weight excluding hydrogens is 212 g/mol. The summed E-state index contributed by atoms with van der Waals surface area (Å²) in [6, 6.07) is 2.13. The smallest absolute Gasteiger partial charge is 0.0477 e. The van der Waals surface area contributed by atoms with E-state index in [0.29, 0.717) is 6.04 Å². The van der Waals surface area contributed by atoms with Crippen molar-refractivity contribution in [1.29, 1.82) is 0 Å².